The minimum Gasteiger partial charge on any atom is -0.351 e. The lowest BCUT2D eigenvalue weighted by Gasteiger charge is -2.31. The van der Waals surface area contributed by atoms with Crippen molar-refractivity contribution in [3.63, 3.8) is 0 Å². The number of nitrogens with one attached hydrogen (secondary N) is 1. The number of nitrogens with zero attached hydrogens (tertiary/aromatic N) is 2. The number of piperidine rings is 1. The summed E-state index contributed by atoms with van der Waals surface area (Å²) in [6.45, 7) is 2.85. The molecule has 1 fully saturated rings. The maximum atomic E-state index is 13.2. The first kappa shape index (κ1) is 22.0. The van der Waals surface area contributed by atoms with Crippen LogP contribution in [-0.2, 0) is 21.9 Å². The van der Waals surface area contributed by atoms with E-state index in [9.17, 15) is 13.2 Å². The molecular formula is C23H29N3O3S2. The molecule has 1 atom stereocenters. The van der Waals surface area contributed by atoms with Crippen molar-refractivity contribution in [1.29, 1.82) is 0 Å². The molecule has 0 bridgehead atoms. The smallest absolute Gasteiger partial charge is 0.243 e. The molecule has 1 aromatic carbocycles. The summed E-state index contributed by atoms with van der Waals surface area (Å²) in [5, 5.41) is 6.14. The van der Waals surface area contributed by atoms with Crippen LogP contribution in [-0.4, -0.2) is 36.3 Å². The van der Waals surface area contributed by atoms with Crippen LogP contribution in [0.15, 0.2) is 52.9 Å². The average Bonchev–Trinajstić information content (AvgIpc) is 3.43. The van der Waals surface area contributed by atoms with Crippen LogP contribution in [0, 0.1) is 5.92 Å². The highest BCUT2D eigenvalue weighted by Gasteiger charge is 2.33. The molecule has 0 saturated carbocycles. The zero-order valence-corrected chi connectivity index (χ0v) is 19.6. The van der Waals surface area contributed by atoms with Gasteiger partial charge in [0, 0.05) is 48.0 Å². The summed E-state index contributed by atoms with van der Waals surface area (Å²) in [7, 11) is -1.63. The Hall–Kier alpha value is -2.16. The summed E-state index contributed by atoms with van der Waals surface area (Å²) >= 11 is 1.66. The first-order valence-corrected chi connectivity index (χ1v) is 13.1. The number of carbonyl (C=O) groups excluding carboxylic acids is 1. The number of sulfonamides is 1. The molecule has 4 rings (SSSR count). The molecule has 166 valence electrons. The lowest BCUT2D eigenvalue weighted by atomic mass is 9.96. The van der Waals surface area contributed by atoms with Crippen LogP contribution in [0.2, 0.25) is 0 Å². The molecule has 0 aliphatic carbocycles. The van der Waals surface area contributed by atoms with Gasteiger partial charge in [-0.3, -0.25) is 4.79 Å². The highest BCUT2D eigenvalue weighted by Crippen LogP contribution is 2.28. The fourth-order valence-corrected chi connectivity index (χ4v) is 6.60. The van der Waals surface area contributed by atoms with Crippen molar-refractivity contribution >= 4 is 38.2 Å². The van der Waals surface area contributed by atoms with Crippen molar-refractivity contribution in [2.24, 2.45) is 13.0 Å². The monoisotopic (exact) mass is 459 g/mol. The first-order chi connectivity index (χ1) is 14.9. The van der Waals surface area contributed by atoms with E-state index in [1.54, 1.807) is 23.5 Å². The van der Waals surface area contributed by atoms with Gasteiger partial charge in [0.05, 0.1) is 10.9 Å². The van der Waals surface area contributed by atoms with E-state index < -0.39 is 10.0 Å². The van der Waals surface area contributed by atoms with Gasteiger partial charge in [-0.25, -0.2) is 8.42 Å². The predicted octanol–water partition coefficient (Wildman–Crippen LogP) is 4.30. The van der Waals surface area contributed by atoms with Crippen LogP contribution in [0.5, 0.6) is 0 Å². The highest BCUT2D eigenvalue weighted by atomic mass is 32.2. The quantitative estimate of drug-likeness (QED) is 0.573. The number of aryl methyl sites for hydroxylation is 1. The maximum Gasteiger partial charge on any atom is 0.243 e. The van der Waals surface area contributed by atoms with Gasteiger partial charge in [0.25, 0.3) is 0 Å². The fourth-order valence-electron chi connectivity index (χ4n) is 4.28. The Bertz CT molecular complexity index is 1140. The third-order valence-corrected chi connectivity index (χ3v) is 8.98. The molecule has 6 nitrogen and oxygen atoms in total. The Morgan fingerprint density at radius 2 is 2.00 bits per heavy atom. The van der Waals surface area contributed by atoms with Crippen molar-refractivity contribution in [2.75, 3.05) is 13.1 Å². The number of aromatic nitrogens is 1. The molecule has 1 aliphatic heterocycles. The van der Waals surface area contributed by atoms with Gasteiger partial charge >= 0.3 is 0 Å². The predicted molar refractivity (Wildman–Crippen MR) is 125 cm³/mol. The zero-order valence-electron chi connectivity index (χ0n) is 18.0. The SMILES string of the molecule is CCC[C@@H](NC(=O)C1CCN(S(=O)(=O)c2ccc3c(ccn3C)c2)CC1)c1cccs1. The van der Waals surface area contributed by atoms with Gasteiger partial charge in [-0.1, -0.05) is 19.4 Å². The van der Waals surface area contributed by atoms with Crippen LogP contribution >= 0.6 is 11.3 Å². The van der Waals surface area contributed by atoms with Gasteiger partial charge < -0.3 is 9.88 Å². The van der Waals surface area contributed by atoms with Crippen LogP contribution in [0.4, 0.5) is 0 Å². The molecule has 31 heavy (non-hydrogen) atoms. The number of hydrogen-bond acceptors (Lipinski definition) is 4. The average molecular weight is 460 g/mol. The van der Waals surface area contributed by atoms with Gasteiger partial charge in [0.2, 0.25) is 15.9 Å². The van der Waals surface area contributed by atoms with Crippen molar-refractivity contribution < 1.29 is 13.2 Å². The first-order valence-electron chi connectivity index (χ1n) is 10.8. The Balaban J connectivity index is 1.40. The maximum absolute atomic E-state index is 13.2. The van der Waals surface area contributed by atoms with Gasteiger partial charge in [-0.05, 0) is 55.0 Å². The number of fused-ring (bicyclic) bond motifs is 1. The van der Waals surface area contributed by atoms with E-state index in [4.69, 9.17) is 0 Å². The zero-order chi connectivity index (χ0) is 22.0. The number of thiophene rings is 1. The van der Waals surface area contributed by atoms with Crippen LogP contribution in [0.25, 0.3) is 10.9 Å². The second kappa shape index (κ2) is 9.14. The molecular weight excluding hydrogens is 430 g/mol. The standard InChI is InChI=1S/C23H29N3O3S2/c1-3-5-20(22-6-4-15-30-22)24-23(27)17-10-13-26(14-11-17)31(28,29)19-7-8-21-18(16-19)9-12-25(21)2/h4,6-9,12,15-17,20H,3,5,10-11,13-14H2,1-2H3,(H,24,27)/t20-/m1/s1. The molecule has 1 amide bonds. The molecule has 1 saturated heterocycles. The van der Waals surface area contributed by atoms with Crippen LogP contribution in [0.3, 0.4) is 0 Å². The summed E-state index contributed by atoms with van der Waals surface area (Å²) in [6, 6.07) is 11.3. The number of carbonyl (C=O) groups is 1. The van der Waals surface area contributed by atoms with Crippen molar-refractivity contribution in [2.45, 2.75) is 43.5 Å². The minimum absolute atomic E-state index is 0.0367. The second-order valence-electron chi connectivity index (χ2n) is 8.19. The van der Waals surface area contributed by atoms with E-state index in [0.717, 1.165) is 23.7 Å². The summed E-state index contributed by atoms with van der Waals surface area (Å²) in [6.07, 6.45) is 4.91. The molecule has 2 aromatic heterocycles. The van der Waals surface area contributed by atoms with Crippen molar-refractivity contribution in [3.05, 3.63) is 52.9 Å². The van der Waals surface area contributed by atoms with Gasteiger partial charge in [0.1, 0.15) is 0 Å². The molecule has 0 radical (unpaired) electrons. The van der Waals surface area contributed by atoms with Crippen molar-refractivity contribution in [1.82, 2.24) is 14.2 Å². The molecule has 1 aliphatic rings. The summed E-state index contributed by atoms with van der Waals surface area (Å²) < 4.78 is 29.8. The Morgan fingerprint density at radius 1 is 1.23 bits per heavy atom. The summed E-state index contributed by atoms with van der Waals surface area (Å²) in [5.74, 6) is -0.114. The van der Waals surface area contributed by atoms with E-state index in [-0.39, 0.29) is 17.9 Å². The summed E-state index contributed by atoms with van der Waals surface area (Å²) in [4.78, 5) is 14.4. The highest BCUT2D eigenvalue weighted by molar-refractivity contribution is 7.89. The van der Waals surface area contributed by atoms with Gasteiger partial charge in [-0.2, -0.15) is 4.31 Å². The minimum atomic E-state index is -3.57. The lowest BCUT2D eigenvalue weighted by Crippen LogP contribution is -2.43. The van der Waals surface area contributed by atoms with E-state index in [1.807, 2.05) is 41.4 Å². The molecule has 1 N–H and O–H groups in total. The topological polar surface area (TPSA) is 71.4 Å². The Labute approximate surface area is 187 Å². The number of hydrogen-bond donors (Lipinski definition) is 1. The molecule has 3 aromatic rings. The number of amides is 1. The normalized spacial score (nSPS) is 17.1. The molecule has 8 heteroatoms. The largest absolute Gasteiger partial charge is 0.351 e. The van der Waals surface area contributed by atoms with E-state index in [2.05, 4.69) is 18.3 Å². The van der Waals surface area contributed by atoms with Crippen molar-refractivity contribution in [3.8, 4) is 0 Å². The van der Waals surface area contributed by atoms with E-state index >= 15 is 0 Å². The third-order valence-electron chi connectivity index (χ3n) is 6.10. The third kappa shape index (κ3) is 4.56. The fraction of sp³-hybridized carbons (Fsp3) is 0.435. The number of rotatable bonds is 7. The van der Waals surface area contributed by atoms with Crippen LogP contribution < -0.4 is 5.32 Å². The Kier molecular flexibility index (Phi) is 6.50. The second-order valence-corrected chi connectivity index (χ2v) is 11.1. The van der Waals surface area contributed by atoms with Crippen LogP contribution in [0.1, 0.15) is 43.5 Å². The van der Waals surface area contributed by atoms with Gasteiger partial charge in [-0.15, -0.1) is 11.3 Å². The van der Waals surface area contributed by atoms with E-state index in [0.29, 0.717) is 30.8 Å². The Morgan fingerprint density at radius 3 is 2.68 bits per heavy atom. The molecule has 0 unspecified atom stereocenters. The molecule has 3 heterocycles. The molecule has 0 spiro atoms. The number of benzene rings is 1. The van der Waals surface area contributed by atoms with E-state index in [1.165, 1.54) is 9.18 Å². The summed E-state index contributed by atoms with van der Waals surface area (Å²) in [5.41, 5.74) is 1.00. The van der Waals surface area contributed by atoms with Gasteiger partial charge in [0.15, 0.2) is 0 Å². The lowest BCUT2D eigenvalue weighted by molar-refractivity contribution is -0.126.